The van der Waals surface area contributed by atoms with Crippen molar-refractivity contribution in [1.29, 1.82) is 0 Å². The SMILES string of the molecule is COc1ccc(C2CC(=O)C=CN2Cc2ccccc2)cc1. The number of benzene rings is 2. The van der Waals surface area contributed by atoms with Gasteiger partial charge in [0.05, 0.1) is 13.2 Å². The molecule has 1 heterocycles. The van der Waals surface area contributed by atoms with Crippen molar-refractivity contribution in [2.75, 3.05) is 7.11 Å². The number of rotatable bonds is 4. The van der Waals surface area contributed by atoms with Gasteiger partial charge in [-0.05, 0) is 29.3 Å². The number of ether oxygens (including phenoxy) is 1. The largest absolute Gasteiger partial charge is 0.497 e. The third-order valence-electron chi connectivity index (χ3n) is 3.96. The Morgan fingerprint density at radius 1 is 1.09 bits per heavy atom. The molecule has 0 spiro atoms. The molecule has 112 valence electrons. The molecular weight excluding hydrogens is 274 g/mol. The van der Waals surface area contributed by atoms with E-state index >= 15 is 0 Å². The molecule has 0 aromatic heterocycles. The molecule has 3 heteroatoms. The summed E-state index contributed by atoms with van der Waals surface area (Å²) in [7, 11) is 1.66. The van der Waals surface area contributed by atoms with Gasteiger partial charge in [0, 0.05) is 19.2 Å². The van der Waals surface area contributed by atoms with Gasteiger partial charge in [-0.3, -0.25) is 4.79 Å². The van der Waals surface area contributed by atoms with Crippen molar-refractivity contribution in [3.8, 4) is 5.75 Å². The van der Waals surface area contributed by atoms with E-state index in [1.807, 2.05) is 48.7 Å². The number of nitrogens with zero attached hydrogens (tertiary/aromatic N) is 1. The molecule has 2 aromatic rings. The Kier molecular flexibility index (Phi) is 4.24. The number of carbonyl (C=O) groups is 1. The Balaban J connectivity index is 1.85. The molecule has 2 aromatic carbocycles. The molecule has 0 amide bonds. The molecule has 3 nitrogen and oxygen atoms in total. The van der Waals surface area contributed by atoms with E-state index in [0.29, 0.717) is 6.42 Å². The van der Waals surface area contributed by atoms with Crippen LogP contribution in [0.15, 0.2) is 66.9 Å². The highest BCUT2D eigenvalue weighted by Gasteiger charge is 2.24. The van der Waals surface area contributed by atoms with Crippen molar-refractivity contribution in [3.63, 3.8) is 0 Å². The zero-order valence-corrected chi connectivity index (χ0v) is 12.6. The molecule has 0 radical (unpaired) electrons. The minimum absolute atomic E-state index is 0.0728. The molecule has 0 N–H and O–H groups in total. The Bertz CT molecular complexity index is 662. The lowest BCUT2D eigenvalue weighted by Gasteiger charge is -2.33. The maximum Gasteiger partial charge on any atom is 0.159 e. The summed E-state index contributed by atoms with van der Waals surface area (Å²) >= 11 is 0. The molecule has 22 heavy (non-hydrogen) atoms. The minimum atomic E-state index is 0.0728. The van der Waals surface area contributed by atoms with Gasteiger partial charge in [-0.2, -0.15) is 0 Å². The Labute approximate surface area is 130 Å². The van der Waals surface area contributed by atoms with Crippen LogP contribution in [0.25, 0.3) is 0 Å². The Hall–Kier alpha value is -2.55. The topological polar surface area (TPSA) is 29.5 Å². The lowest BCUT2D eigenvalue weighted by atomic mass is 9.96. The van der Waals surface area contributed by atoms with Crippen LogP contribution in [0.1, 0.15) is 23.6 Å². The number of methoxy groups -OCH3 is 1. The quantitative estimate of drug-likeness (QED) is 0.860. The first-order valence-electron chi connectivity index (χ1n) is 7.41. The monoisotopic (exact) mass is 293 g/mol. The number of hydrogen-bond donors (Lipinski definition) is 0. The predicted molar refractivity (Wildman–Crippen MR) is 86.5 cm³/mol. The molecule has 0 saturated carbocycles. The average Bonchev–Trinajstić information content (AvgIpc) is 2.57. The molecule has 1 aliphatic rings. The van der Waals surface area contributed by atoms with Crippen LogP contribution in [0.3, 0.4) is 0 Å². The van der Waals surface area contributed by atoms with Crippen LogP contribution in [0, 0.1) is 0 Å². The van der Waals surface area contributed by atoms with E-state index in [2.05, 4.69) is 17.0 Å². The average molecular weight is 293 g/mol. The van der Waals surface area contributed by atoms with Gasteiger partial charge < -0.3 is 9.64 Å². The first-order chi connectivity index (χ1) is 10.8. The standard InChI is InChI=1S/C19H19NO2/c1-22-18-9-7-16(8-10-18)19-13-17(21)11-12-20(19)14-15-5-3-2-4-6-15/h2-12,19H,13-14H2,1H3. The second kappa shape index (κ2) is 6.48. The molecule has 1 atom stereocenters. The highest BCUT2D eigenvalue weighted by Crippen LogP contribution is 2.30. The second-order valence-electron chi connectivity index (χ2n) is 5.43. The van der Waals surface area contributed by atoms with Crippen molar-refractivity contribution < 1.29 is 9.53 Å². The lowest BCUT2D eigenvalue weighted by Crippen LogP contribution is -2.28. The fourth-order valence-corrected chi connectivity index (χ4v) is 2.75. The third kappa shape index (κ3) is 3.19. The molecule has 3 rings (SSSR count). The summed E-state index contributed by atoms with van der Waals surface area (Å²) < 4.78 is 5.21. The first-order valence-corrected chi connectivity index (χ1v) is 7.41. The van der Waals surface area contributed by atoms with Crippen LogP contribution < -0.4 is 4.74 Å². The number of carbonyl (C=O) groups excluding carboxylic acids is 1. The van der Waals surface area contributed by atoms with Crippen LogP contribution >= 0.6 is 0 Å². The summed E-state index contributed by atoms with van der Waals surface area (Å²) in [6.45, 7) is 0.793. The van der Waals surface area contributed by atoms with Gasteiger partial charge in [0.25, 0.3) is 0 Å². The normalized spacial score (nSPS) is 17.6. The maximum absolute atomic E-state index is 11.8. The van der Waals surface area contributed by atoms with Gasteiger partial charge in [-0.25, -0.2) is 0 Å². The third-order valence-corrected chi connectivity index (χ3v) is 3.96. The zero-order chi connectivity index (χ0) is 15.4. The van der Waals surface area contributed by atoms with Gasteiger partial charge in [-0.15, -0.1) is 0 Å². The second-order valence-corrected chi connectivity index (χ2v) is 5.43. The summed E-state index contributed by atoms with van der Waals surface area (Å²) in [5.74, 6) is 1.00. The van der Waals surface area contributed by atoms with E-state index in [0.717, 1.165) is 17.9 Å². The van der Waals surface area contributed by atoms with Crippen LogP contribution in [-0.2, 0) is 11.3 Å². The maximum atomic E-state index is 11.8. The van der Waals surface area contributed by atoms with Crippen molar-refractivity contribution in [1.82, 2.24) is 4.90 Å². The Morgan fingerprint density at radius 3 is 2.50 bits per heavy atom. The van der Waals surface area contributed by atoms with Crippen molar-refractivity contribution in [2.24, 2.45) is 0 Å². The molecule has 0 saturated heterocycles. The number of allylic oxidation sites excluding steroid dienone is 1. The predicted octanol–water partition coefficient (Wildman–Crippen LogP) is 3.73. The summed E-state index contributed by atoms with van der Waals surface area (Å²) in [6.07, 6.45) is 4.09. The number of hydrogen-bond acceptors (Lipinski definition) is 3. The van der Waals surface area contributed by atoms with Gasteiger partial charge >= 0.3 is 0 Å². The highest BCUT2D eigenvalue weighted by atomic mass is 16.5. The van der Waals surface area contributed by atoms with Crippen LogP contribution in [-0.4, -0.2) is 17.8 Å². The smallest absolute Gasteiger partial charge is 0.159 e. The van der Waals surface area contributed by atoms with Gasteiger partial charge in [-0.1, -0.05) is 42.5 Å². The zero-order valence-electron chi connectivity index (χ0n) is 12.6. The summed E-state index contributed by atoms with van der Waals surface area (Å²) in [4.78, 5) is 14.1. The van der Waals surface area contributed by atoms with Crippen molar-refractivity contribution >= 4 is 5.78 Å². The van der Waals surface area contributed by atoms with Crippen LogP contribution in [0.4, 0.5) is 0 Å². The van der Waals surface area contributed by atoms with E-state index in [-0.39, 0.29) is 11.8 Å². The molecule has 0 fully saturated rings. The fraction of sp³-hybridized carbons (Fsp3) is 0.211. The van der Waals surface area contributed by atoms with Gasteiger partial charge in [0.2, 0.25) is 0 Å². The van der Waals surface area contributed by atoms with E-state index in [1.54, 1.807) is 13.2 Å². The summed E-state index contributed by atoms with van der Waals surface area (Å²) in [5, 5.41) is 0. The summed E-state index contributed by atoms with van der Waals surface area (Å²) in [6, 6.07) is 18.3. The Morgan fingerprint density at radius 2 is 1.82 bits per heavy atom. The first kappa shape index (κ1) is 14.4. The molecule has 0 bridgehead atoms. The summed E-state index contributed by atoms with van der Waals surface area (Å²) in [5.41, 5.74) is 2.37. The molecule has 1 aliphatic heterocycles. The van der Waals surface area contributed by atoms with E-state index in [4.69, 9.17) is 4.74 Å². The van der Waals surface area contributed by atoms with Crippen molar-refractivity contribution in [2.45, 2.75) is 19.0 Å². The molecule has 1 unspecified atom stereocenters. The van der Waals surface area contributed by atoms with Crippen LogP contribution in [0.2, 0.25) is 0 Å². The van der Waals surface area contributed by atoms with E-state index < -0.39 is 0 Å². The van der Waals surface area contributed by atoms with Crippen molar-refractivity contribution in [3.05, 3.63) is 78.0 Å². The molecular formula is C19H19NO2. The van der Waals surface area contributed by atoms with Crippen LogP contribution in [0.5, 0.6) is 5.75 Å². The van der Waals surface area contributed by atoms with Gasteiger partial charge in [0.1, 0.15) is 5.75 Å². The van der Waals surface area contributed by atoms with E-state index in [1.165, 1.54) is 5.56 Å². The number of ketones is 1. The minimum Gasteiger partial charge on any atom is -0.497 e. The highest BCUT2D eigenvalue weighted by molar-refractivity contribution is 5.90. The van der Waals surface area contributed by atoms with Gasteiger partial charge in [0.15, 0.2) is 5.78 Å². The lowest BCUT2D eigenvalue weighted by molar-refractivity contribution is -0.116. The van der Waals surface area contributed by atoms with E-state index in [9.17, 15) is 4.79 Å². The fourth-order valence-electron chi connectivity index (χ4n) is 2.75. The molecule has 0 aliphatic carbocycles.